The molecule has 106 valence electrons. The first-order chi connectivity index (χ1) is 9.35. The number of halogens is 2. The predicted molar refractivity (Wildman–Crippen MR) is 83.0 cm³/mol. The van der Waals surface area contributed by atoms with Gasteiger partial charge in [0.25, 0.3) is 0 Å². The highest BCUT2D eigenvalue weighted by Gasteiger charge is 2.11. The Kier molecular flexibility index (Phi) is 4.62. The molecule has 1 N–H and O–H groups in total. The maximum absolute atomic E-state index is 11.4. The topological polar surface area (TPSA) is 72.0 Å². The molecule has 0 amide bonds. The van der Waals surface area contributed by atoms with E-state index in [9.17, 15) is 8.42 Å². The SMILES string of the molecule is CS(=O)(=O)Cc1ccccc1Nc1nc(Cl)ncc1Br. The summed E-state index contributed by atoms with van der Waals surface area (Å²) < 4.78 is 23.5. The fourth-order valence-corrected chi connectivity index (χ4v) is 2.85. The zero-order chi connectivity index (χ0) is 14.8. The Morgan fingerprint density at radius 1 is 1.35 bits per heavy atom. The summed E-state index contributed by atoms with van der Waals surface area (Å²) in [5.41, 5.74) is 1.32. The number of rotatable bonds is 4. The summed E-state index contributed by atoms with van der Waals surface area (Å²) in [6, 6.07) is 7.13. The summed E-state index contributed by atoms with van der Waals surface area (Å²) in [7, 11) is -3.12. The molecule has 0 atom stereocenters. The number of hydrogen-bond acceptors (Lipinski definition) is 5. The highest BCUT2D eigenvalue weighted by atomic mass is 79.9. The van der Waals surface area contributed by atoms with Crippen molar-refractivity contribution >= 4 is 48.9 Å². The molecule has 0 radical (unpaired) electrons. The molecule has 0 spiro atoms. The van der Waals surface area contributed by atoms with Gasteiger partial charge in [0.1, 0.15) is 5.82 Å². The Morgan fingerprint density at radius 2 is 2.05 bits per heavy atom. The van der Waals surface area contributed by atoms with E-state index in [1.54, 1.807) is 18.2 Å². The van der Waals surface area contributed by atoms with Crippen LogP contribution in [0.5, 0.6) is 0 Å². The normalized spacial score (nSPS) is 11.3. The lowest BCUT2D eigenvalue weighted by molar-refractivity contribution is 0.601. The summed E-state index contributed by atoms with van der Waals surface area (Å²) in [6.07, 6.45) is 2.72. The summed E-state index contributed by atoms with van der Waals surface area (Å²) in [5, 5.41) is 3.17. The first-order valence-corrected chi connectivity index (χ1v) is 8.79. The Labute approximate surface area is 130 Å². The molecular weight excluding hydrogens is 366 g/mol. The Hall–Kier alpha value is -1.18. The molecule has 0 saturated heterocycles. The lowest BCUT2D eigenvalue weighted by Crippen LogP contribution is -2.05. The van der Waals surface area contributed by atoms with Crippen molar-refractivity contribution in [1.29, 1.82) is 0 Å². The molecule has 0 saturated carbocycles. The number of nitrogens with one attached hydrogen (secondary N) is 1. The van der Waals surface area contributed by atoms with Gasteiger partial charge in [-0.05, 0) is 39.2 Å². The molecule has 0 aliphatic heterocycles. The molecule has 2 rings (SSSR count). The van der Waals surface area contributed by atoms with Gasteiger partial charge >= 0.3 is 0 Å². The number of nitrogens with zero attached hydrogens (tertiary/aromatic N) is 2. The maximum Gasteiger partial charge on any atom is 0.224 e. The van der Waals surface area contributed by atoms with Gasteiger partial charge in [0.05, 0.1) is 10.2 Å². The molecule has 20 heavy (non-hydrogen) atoms. The van der Waals surface area contributed by atoms with Crippen LogP contribution in [0, 0.1) is 0 Å². The van der Waals surface area contributed by atoms with Crippen LogP contribution in [0.25, 0.3) is 0 Å². The molecule has 0 unspecified atom stereocenters. The quantitative estimate of drug-likeness (QED) is 0.830. The van der Waals surface area contributed by atoms with E-state index in [2.05, 4.69) is 31.2 Å². The third-order valence-corrected chi connectivity index (χ3v) is 4.00. The molecule has 5 nitrogen and oxygen atoms in total. The number of aromatic nitrogens is 2. The number of sulfone groups is 1. The average molecular weight is 377 g/mol. The van der Waals surface area contributed by atoms with Crippen molar-refractivity contribution in [2.24, 2.45) is 0 Å². The van der Waals surface area contributed by atoms with E-state index in [1.807, 2.05) is 6.07 Å². The first kappa shape index (κ1) is 15.2. The molecule has 1 aromatic carbocycles. The van der Waals surface area contributed by atoms with Crippen LogP contribution < -0.4 is 5.32 Å². The molecule has 2 aromatic rings. The molecular formula is C12H11BrClN3O2S. The summed E-state index contributed by atoms with van der Waals surface area (Å²) in [5.74, 6) is 0.429. The molecule has 0 fully saturated rings. The van der Waals surface area contributed by atoms with Gasteiger partial charge < -0.3 is 5.32 Å². The van der Waals surface area contributed by atoms with Crippen LogP contribution in [0.4, 0.5) is 11.5 Å². The van der Waals surface area contributed by atoms with Gasteiger partial charge in [-0.2, -0.15) is 4.98 Å². The van der Waals surface area contributed by atoms with E-state index in [4.69, 9.17) is 11.6 Å². The van der Waals surface area contributed by atoms with E-state index < -0.39 is 9.84 Å². The fraction of sp³-hybridized carbons (Fsp3) is 0.167. The van der Waals surface area contributed by atoms with Gasteiger partial charge in [-0.25, -0.2) is 13.4 Å². The largest absolute Gasteiger partial charge is 0.339 e. The Bertz CT molecular complexity index is 737. The lowest BCUT2D eigenvalue weighted by atomic mass is 10.2. The molecule has 1 aromatic heterocycles. The maximum atomic E-state index is 11.4. The second-order valence-electron chi connectivity index (χ2n) is 4.19. The zero-order valence-electron chi connectivity index (χ0n) is 10.5. The van der Waals surface area contributed by atoms with Crippen molar-refractivity contribution in [3.05, 3.63) is 45.8 Å². The van der Waals surface area contributed by atoms with Crippen molar-refractivity contribution in [1.82, 2.24) is 9.97 Å². The zero-order valence-corrected chi connectivity index (χ0v) is 13.6. The van der Waals surface area contributed by atoms with E-state index in [0.29, 0.717) is 21.5 Å². The van der Waals surface area contributed by atoms with Crippen LogP contribution in [-0.4, -0.2) is 24.6 Å². The van der Waals surface area contributed by atoms with Crippen LogP contribution in [0.2, 0.25) is 5.28 Å². The molecule has 0 aliphatic carbocycles. The summed E-state index contributed by atoms with van der Waals surface area (Å²) >= 11 is 9.06. The van der Waals surface area contributed by atoms with Crippen molar-refractivity contribution in [3.63, 3.8) is 0 Å². The van der Waals surface area contributed by atoms with Gasteiger partial charge in [0.15, 0.2) is 9.84 Å². The van der Waals surface area contributed by atoms with E-state index in [0.717, 1.165) is 0 Å². The van der Waals surface area contributed by atoms with Gasteiger partial charge in [-0.1, -0.05) is 18.2 Å². The molecule has 1 heterocycles. The lowest BCUT2D eigenvalue weighted by Gasteiger charge is -2.11. The minimum Gasteiger partial charge on any atom is -0.339 e. The fourth-order valence-electron chi connectivity index (χ4n) is 1.61. The minimum atomic E-state index is -3.12. The highest BCUT2D eigenvalue weighted by Crippen LogP contribution is 2.26. The number of para-hydroxylation sites is 1. The van der Waals surface area contributed by atoms with Crippen LogP contribution in [0.15, 0.2) is 34.9 Å². The Balaban J connectivity index is 2.36. The van der Waals surface area contributed by atoms with Crippen LogP contribution in [-0.2, 0) is 15.6 Å². The van der Waals surface area contributed by atoms with Crippen LogP contribution >= 0.6 is 27.5 Å². The van der Waals surface area contributed by atoms with Crippen molar-refractivity contribution < 1.29 is 8.42 Å². The molecule has 0 aliphatic rings. The van der Waals surface area contributed by atoms with Crippen molar-refractivity contribution in [3.8, 4) is 0 Å². The van der Waals surface area contributed by atoms with Crippen LogP contribution in [0.3, 0.4) is 0 Å². The molecule has 8 heteroatoms. The first-order valence-electron chi connectivity index (χ1n) is 5.56. The third kappa shape index (κ3) is 4.16. The van der Waals surface area contributed by atoms with Gasteiger partial charge in [0, 0.05) is 18.1 Å². The summed E-state index contributed by atoms with van der Waals surface area (Å²) in [6.45, 7) is 0. The number of benzene rings is 1. The number of hydrogen-bond donors (Lipinski definition) is 1. The highest BCUT2D eigenvalue weighted by molar-refractivity contribution is 9.10. The van der Waals surface area contributed by atoms with Gasteiger partial charge in [-0.15, -0.1) is 0 Å². The molecule has 0 bridgehead atoms. The van der Waals surface area contributed by atoms with Crippen molar-refractivity contribution in [2.45, 2.75) is 5.75 Å². The van der Waals surface area contributed by atoms with E-state index >= 15 is 0 Å². The summed E-state index contributed by atoms with van der Waals surface area (Å²) in [4.78, 5) is 7.89. The third-order valence-electron chi connectivity index (χ3n) is 2.40. The van der Waals surface area contributed by atoms with Crippen molar-refractivity contribution in [2.75, 3.05) is 11.6 Å². The van der Waals surface area contributed by atoms with Gasteiger partial charge in [0.2, 0.25) is 5.28 Å². The Morgan fingerprint density at radius 3 is 2.75 bits per heavy atom. The van der Waals surface area contributed by atoms with E-state index in [1.165, 1.54) is 12.5 Å². The average Bonchev–Trinajstić information content (AvgIpc) is 2.34. The van der Waals surface area contributed by atoms with E-state index in [-0.39, 0.29) is 11.0 Å². The smallest absolute Gasteiger partial charge is 0.224 e. The number of anilines is 2. The minimum absolute atomic E-state index is 0.0490. The monoisotopic (exact) mass is 375 g/mol. The van der Waals surface area contributed by atoms with Gasteiger partial charge in [-0.3, -0.25) is 0 Å². The standard InChI is InChI=1S/C12H11BrClN3O2S/c1-20(18,19)7-8-4-2-3-5-10(8)16-11-9(13)6-15-12(14)17-11/h2-6H,7H2,1H3,(H,15,16,17). The second-order valence-corrected chi connectivity index (χ2v) is 7.52. The van der Waals surface area contributed by atoms with Crippen LogP contribution in [0.1, 0.15) is 5.56 Å². The second kappa shape index (κ2) is 6.07. The predicted octanol–water partition coefficient (Wildman–Crippen LogP) is 3.18.